The molecule has 0 saturated heterocycles. The van der Waals surface area contributed by atoms with Crippen LogP contribution in [-0.4, -0.2) is 88.1 Å². The van der Waals surface area contributed by atoms with Crippen molar-refractivity contribution in [1.82, 2.24) is 0 Å². The van der Waals surface area contributed by atoms with Crippen LogP contribution in [-0.2, 0) is 19.2 Å². The van der Waals surface area contributed by atoms with Crippen LogP contribution in [0.4, 0.5) is 0 Å². The van der Waals surface area contributed by atoms with Crippen molar-refractivity contribution in [1.29, 1.82) is 0 Å². The Balaban J connectivity index is 0. The molecule has 12 nitrogen and oxygen atoms in total. The second-order valence-corrected chi connectivity index (χ2v) is 4.60. The second kappa shape index (κ2) is 9.12. The van der Waals surface area contributed by atoms with Crippen molar-refractivity contribution in [3.63, 3.8) is 0 Å². The lowest BCUT2D eigenvalue weighted by atomic mass is 9.79. The molecule has 4 unspecified atom stereocenters. The van der Waals surface area contributed by atoms with Gasteiger partial charge in [0.25, 0.3) is 0 Å². The number of aliphatic carboxylic acids is 4. The lowest BCUT2D eigenvalue weighted by Crippen LogP contribution is -2.63. The number of carboxylic acid groups (broad SMARTS) is 4. The number of hydrogen-bond donors (Lipinski definition) is 8. The van der Waals surface area contributed by atoms with E-state index in [0.29, 0.717) is 0 Å². The number of aliphatic hydroxyl groups excluding tert-OH is 2. The third-order valence-electron chi connectivity index (χ3n) is 3.22. The van der Waals surface area contributed by atoms with Crippen molar-refractivity contribution < 1.29 is 60.0 Å². The molecule has 0 aliphatic rings. The molecule has 0 fully saturated rings. The minimum atomic E-state index is -2.66. The third kappa shape index (κ3) is 5.13. The number of carbonyl (C=O) groups is 4. The maximum Gasteiger partial charge on any atom is 0.339 e. The number of hydrogen-bond acceptors (Lipinski definition) is 8. The van der Waals surface area contributed by atoms with Crippen LogP contribution in [0.15, 0.2) is 0 Å². The minimum Gasteiger partial charge on any atom is -0.479 e. The van der Waals surface area contributed by atoms with E-state index < -0.39 is 47.3 Å². The van der Waals surface area contributed by atoms with Crippen molar-refractivity contribution in [2.45, 2.75) is 50.1 Å². The van der Waals surface area contributed by atoms with Crippen molar-refractivity contribution >= 4 is 23.9 Å². The van der Waals surface area contributed by atoms with Crippen LogP contribution in [0.2, 0.25) is 0 Å². The highest BCUT2D eigenvalue weighted by Gasteiger charge is 2.58. The standard InChI is InChI=1S/C8H14O6.C4H6O6/c1-3-7(13,5(9)10)8(14,4-2)6(11)12;5-1(3(7)8)2(6)4(9)10/h13-14H,3-4H2,1-2H3,(H,9,10)(H,11,12);1-2,5-6H,(H,7,8)(H,9,10). The maximum atomic E-state index is 10.7. The predicted octanol–water partition coefficient (Wildman–Crippen LogP) is -2.68. The average Bonchev–Trinajstić information content (AvgIpc) is 2.51. The summed E-state index contributed by atoms with van der Waals surface area (Å²) in [6.45, 7) is 2.58. The van der Waals surface area contributed by atoms with Crippen molar-refractivity contribution in [3.8, 4) is 0 Å². The van der Waals surface area contributed by atoms with Crippen LogP contribution in [0.1, 0.15) is 26.7 Å². The van der Waals surface area contributed by atoms with E-state index in [9.17, 15) is 29.4 Å². The van der Waals surface area contributed by atoms with Crippen molar-refractivity contribution in [2.24, 2.45) is 0 Å². The summed E-state index contributed by atoms with van der Waals surface area (Å²) in [5.41, 5.74) is -5.32. The van der Waals surface area contributed by atoms with E-state index in [0.717, 1.165) is 0 Å². The highest BCUT2D eigenvalue weighted by molar-refractivity contribution is 5.90. The molecule has 4 atom stereocenters. The van der Waals surface area contributed by atoms with Crippen molar-refractivity contribution in [2.75, 3.05) is 0 Å². The first-order valence-corrected chi connectivity index (χ1v) is 6.46. The number of carboxylic acids is 4. The summed E-state index contributed by atoms with van der Waals surface area (Å²) in [5, 5.41) is 69.0. The topological polar surface area (TPSA) is 230 Å². The molecule has 0 spiro atoms. The zero-order chi connectivity index (χ0) is 19.9. The molecule has 0 aromatic heterocycles. The Hall–Kier alpha value is -2.28. The molecule has 8 N–H and O–H groups in total. The van der Waals surface area contributed by atoms with Crippen LogP contribution in [0.5, 0.6) is 0 Å². The Morgan fingerprint density at radius 3 is 1.00 bits per heavy atom. The molecule has 0 aromatic carbocycles. The van der Waals surface area contributed by atoms with Gasteiger partial charge in [0.1, 0.15) is 0 Å². The molecular formula is C12H20O12. The Bertz CT molecular complexity index is 444. The maximum absolute atomic E-state index is 10.7. The average molecular weight is 356 g/mol. The second-order valence-electron chi connectivity index (χ2n) is 4.60. The van der Waals surface area contributed by atoms with E-state index in [-0.39, 0.29) is 12.8 Å². The van der Waals surface area contributed by atoms with Gasteiger partial charge >= 0.3 is 23.9 Å². The van der Waals surface area contributed by atoms with Gasteiger partial charge in [-0.1, -0.05) is 13.8 Å². The Labute approximate surface area is 135 Å². The Morgan fingerprint density at radius 2 is 0.917 bits per heavy atom. The molecule has 0 radical (unpaired) electrons. The molecule has 0 aliphatic carbocycles. The summed E-state index contributed by atoms with van der Waals surface area (Å²) in [5.74, 6) is -7.02. The van der Waals surface area contributed by atoms with Crippen LogP contribution < -0.4 is 0 Å². The van der Waals surface area contributed by atoms with Crippen LogP contribution in [0.3, 0.4) is 0 Å². The summed E-state index contributed by atoms with van der Waals surface area (Å²) in [7, 11) is 0. The van der Waals surface area contributed by atoms with Gasteiger partial charge in [0.15, 0.2) is 12.2 Å². The molecule has 24 heavy (non-hydrogen) atoms. The summed E-state index contributed by atoms with van der Waals surface area (Å²) < 4.78 is 0. The largest absolute Gasteiger partial charge is 0.479 e. The quantitative estimate of drug-likeness (QED) is 0.222. The minimum absolute atomic E-state index is 0.390. The first kappa shape index (κ1) is 24.0. The van der Waals surface area contributed by atoms with Gasteiger partial charge in [-0.2, -0.15) is 0 Å². The number of aliphatic hydroxyl groups is 4. The lowest BCUT2D eigenvalue weighted by molar-refractivity contribution is -0.208. The van der Waals surface area contributed by atoms with E-state index in [2.05, 4.69) is 0 Å². The fourth-order valence-corrected chi connectivity index (χ4v) is 1.51. The smallest absolute Gasteiger partial charge is 0.339 e. The van der Waals surface area contributed by atoms with Crippen LogP contribution in [0.25, 0.3) is 0 Å². The van der Waals surface area contributed by atoms with Gasteiger partial charge < -0.3 is 40.9 Å². The van der Waals surface area contributed by atoms with Gasteiger partial charge in [-0.05, 0) is 12.8 Å². The van der Waals surface area contributed by atoms with E-state index in [1.807, 2.05) is 0 Å². The lowest BCUT2D eigenvalue weighted by Gasteiger charge is -2.35. The first-order chi connectivity index (χ1) is 10.7. The zero-order valence-electron chi connectivity index (χ0n) is 12.8. The van der Waals surface area contributed by atoms with E-state index in [1.54, 1.807) is 0 Å². The van der Waals surface area contributed by atoms with Gasteiger partial charge in [-0.25, -0.2) is 19.2 Å². The highest BCUT2D eigenvalue weighted by atomic mass is 16.5. The van der Waals surface area contributed by atoms with Gasteiger partial charge in [-0.3, -0.25) is 0 Å². The molecule has 140 valence electrons. The van der Waals surface area contributed by atoms with Crippen LogP contribution in [0, 0.1) is 0 Å². The molecule has 0 saturated carbocycles. The molecule has 12 heteroatoms. The molecular weight excluding hydrogens is 336 g/mol. The summed E-state index contributed by atoms with van der Waals surface area (Å²) in [6, 6.07) is 0. The number of rotatable bonds is 8. The monoisotopic (exact) mass is 356 g/mol. The molecule has 0 bridgehead atoms. The van der Waals surface area contributed by atoms with Crippen LogP contribution >= 0.6 is 0 Å². The van der Waals surface area contributed by atoms with E-state index >= 15 is 0 Å². The molecule has 0 rings (SSSR count). The van der Waals surface area contributed by atoms with E-state index in [1.165, 1.54) is 13.8 Å². The predicted molar refractivity (Wildman–Crippen MR) is 73.0 cm³/mol. The molecule has 0 aliphatic heterocycles. The van der Waals surface area contributed by atoms with Crippen molar-refractivity contribution in [3.05, 3.63) is 0 Å². The highest BCUT2D eigenvalue weighted by Crippen LogP contribution is 2.29. The first-order valence-electron chi connectivity index (χ1n) is 6.46. The Morgan fingerprint density at radius 1 is 0.708 bits per heavy atom. The SMILES string of the molecule is CCC(O)(C(=O)O)C(O)(CC)C(=O)O.O=C(O)C(O)C(O)C(=O)O. The zero-order valence-corrected chi connectivity index (χ0v) is 12.8. The fraction of sp³-hybridized carbons (Fsp3) is 0.667. The summed E-state index contributed by atoms with van der Waals surface area (Å²) in [6.07, 6.45) is -5.31. The summed E-state index contributed by atoms with van der Waals surface area (Å²) in [4.78, 5) is 40.9. The molecule has 0 amide bonds. The normalized spacial score (nSPS) is 17.9. The molecule has 0 aromatic rings. The third-order valence-corrected chi connectivity index (χ3v) is 3.22. The summed E-state index contributed by atoms with van der Waals surface area (Å²) >= 11 is 0. The fourth-order valence-electron chi connectivity index (χ4n) is 1.51. The van der Waals surface area contributed by atoms with Gasteiger partial charge in [0, 0.05) is 0 Å². The Kier molecular flexibility index (Phi) is 9.11. The van der Waals surface area contributed by atoms with Gasteiger partial charge in [0.2, 0.25) is 11.2 Å². The molecule has 0 heterocycles. The van der Waals surface area contributed by atoms with Gasteiger partial charge in [0.05, 0.1) is 0 Å². The van der Waals surface area contributed by atoms with Gasteiger partial charge in [-0.15, -0.1) is 0 Å². The van der Waals surface area contributed by atoms with E-state index in [4.69, 9.17) is 30.6 Å².